The summed E-state index contributed by atoms with van der Waals surface area (Å²) in [7, 11) is 0. The second-order valence-corrected chi connectivity index (χ2v) is 5.37. The van der Waals surface area contributed by atoms with E-state index in [0.29, 0.717) is 11.0 Å². The van der Waals surface area contributed by atoms with Gasteiger partial charge >= 0.3 is 0 Å². The van der Waals surface area contributed by atoms with Crippen molar-refractivity contribution >= 4 is 49.3 Å². The number of halogens is 1. The zero-order chi connectivity index (χ0) is 12.3. The van der Waals surface area contributed by atoms with Crippen molar-refractivity contribution in [2.45, 2.75) is 6.92 Å². The number of imidazole rings is 1. The van der Waals surface area contributed by atoms with Gasteiger partial charge in [0.2, 0.25) is 0 Å². The zero-order valence-electron chi connectivity index (χ0n) is 9.38. The maximum atomic E-state index is 6.16. The van der Waals surface area contributed by atoms with Gasteiger partial charge in [-0.1, -0.05) is 35.1 Å². The lowest BCUT2D eigenvalue weighted by Crippen LogP contribution is -1.91. The molecule has 0 saturated heterocycles. The number of aryl methyl sites for hydroxylation is 1. The lowest BCUT2D eigenvalue weighted by Gasteiger charge is -1.96. The Bertz CT molecular complexity index is 909. The fraction of sp³-hybridized carbons (Fsp3) is 0.0833. The predicted octanol–water partition coefficient (Wildman–Crippen LogP) is 3.45. The van der Waals surface area contributed by atoms with Crippen molar-refractivity contribution in [2.75, 3.05) is 0 Å². The number of benzene rings is 1. The number of fused-ring (bicyclic) bond motifs is 5. The SMILES string of the molecule is Cc1nc(Cl)c2sc3nc4ccccc4n3c2n1. The van der Waals surface area contributed by atoms with E-state index in [0.717, 1.165) is 26.3 Å². The van der Waals surface area contributed by atoms with E-state index in [1.54, 1.807) is 0 Å². The van der Waals surface area contributed by atoms with E-state index in [1.807, 2.05) is 35.6 Å². The topological polar surface area (TPSA) is 43.1 Å². The highest BCUT2D eigenvalue weighted by Gasteiger charge is 2.15. The fourth-order valence-corrected chi connectivity index (χ4v) is 3.41. The normalized spacial score (nSPS) is 11.9. The molecule has 88 valence electrons. The van der Waals surface area contributed by atoms with Crippen molar-refractivity contribution in [1.29, 1.82) is 0 Å². The summed E-state index contributed by atoms with van der Waals surface area (Å²) in [5.41, 5.74) is 2.85. The first-order valence-electron chi connectivity index (χ1n) is 5.44. The number of para-hydroxylation sites is 2. The molecule has 1 aromatic carbocycles. The highest BCUT2D eigenvalue weighted by Crippen LogP contribution is 2.32. The van der Waals surface area contributed by atoms with Crippen LogP contribution in [0.5, 0.6) is 0 Å². The number of rotatable bonds is 0. The van der Waals surface area contributed by atoms with E-state index in [1.165, 1.54) is 11.3 Å². The molecule has 3 aromatic heterocycles. The highest BCUT2D eigenvalue weighted by molar-refractivity contribution is 7.24. The maximum absolute atomic E-state index is 6.16. The fourth-order valence-electron chi connectivity index (χ4n) is 2.12. The first-order valence-corrected chi connectivity index (χ1v) is 6.63. The molecule has 0 fully saturated rings. The summed E-state index contributed by atoms with van der Waals surface area (Å²) in [6, 6.07) is 8.01. The first-order chi connectivity index (χ1) is 8.74. The molecule has 0 radical (unpaired) electrons. The standard InChI is InChI=1S/C12H7ClN4S/c1-6-14-10(13)9-11(15-6)17-8-5-3-2-4-7(8)16-12(17)18-9/h2-5H,1H3. The van der Waals surface area contributed by atoms with Gasteiger partial charge in [0.15, 0.2) is 15.8 Å². The van der Waals surface area contributed by atoms with Gasteiger partial charge in [-0.2, -0.15) is 0 Å². The summed E-state index contributed by atoms with van der Waals surface area (Å²) in [5, 5.41) is 0.497. The molecule has 4 aromatic rings. The lowest BCUT2D eigenvalue weighted by molar-refractivity contribution is 1.07. The third-order valence-corrected chi connectivity index (χ3v) is 4.28. The largest absolute Gasteiger partial charge is 0.267 e. The van der Waals surface area contributed by atoms with Gasteiger partial charge in [0, 0.05) is 0 Å². The smallest absolute Gasteiger partial charge is 0.197 e. The van der Waals surface area contributed by atoms with E-state index in [9.17, 15) is 0 Å². The Kier molecular flexibility index (Phi) is 1.93. The van der Waals surface area contributed by atoms with Crippen molar-refractivity contribution in [1.82, 2.24) is 19.4 Å². The van der Waals surface area contributed by atoms with E-state index < -0.39 is 0 Å². The van der Waals surface area contributed by atoms with Gasteiger partial charge in [0.1, 0.15) is 10.5 Å². The molecular formula is C12H7ClN4S. The van der Waals surface area contributed by atoms with Gasteiger partial charge in [0.05, 0.1) is 11.0 Å². The van der Waals surface area contributed by atoms with Crippen molar-refractivity contribution < 1.29 is 0 Å². The summed E-state index contributed by atoms with van der Waals surface area (Å²) in [4.78, 5) is 14.1. The van der Waals surface area contributed by atoms with Gasteiger partial charge < -0.3 is 0 Å². The highest BCUT2D eigenvalue weighted by atomic mass is 35.5. The molecule has 0 amide bonds. The van der Waals surface area contributed by atoms with Crippen LogP contribution < -0.4 is 0 Å². The van der Waals surface area contributed by atoms with Gasteiger partial charge in [-0.3, -0.25) is 4.40 Å². The molecule has 3 heterocycles. The predicted molar refractivity (Wildman–Crippen MR) is 73.4 cm³/mol. The molecule has 0 atom stereocenters. The molecule has 0 aliphatic heterocycles. The lowest BCUT2D eigenvalue weighted by atomic mass is 10.3. The zero-order valence-corrected chi connectivity index (χ0v) is 11.0. The van der Waals surface area contributed by atoms with Crippen LogP contribution in [0, 0.1) is 6.92 Å². The molecule has 18 heavy (non-hydrogen) atoms. The van der Waals surface area contributed by atoms with Gasteiger partial charge in [0.25, 0.3) is 0 Å². The maximum Gasteiger partial charge on any atom is 0.197 e. The Balaban J connectivity index is 2.33. The molecule has 0 aliphatic rings. The number of thiazole rings is 1. The second-order valence-electron chi connectivity index (χ2n) is 4.03. The van der Waals surface area contributed by atoms with Crippen LogP contribution in [0.2, 0.25) is 5.15 Å². The minimum Gasteiger partial charge on any atom is -0.267 e. The molecular weight excluding hydrogens is 268 g/mol. The number of hydrogen-bond acceptors (Lipinski definition) is 4. The van der Waals surface area contributed by atoms with Crippen LogP contribution in [0.25, 0.3) is 26.3 Å². The van der Waals surface area contributed by atoms with E-state index >= 15 is 0 Å². The molecule has 0 aliphatic carbocycles. The van der Waals surface area contributed by atoms with Crippen molar-refractivity contribution in [2.24, 2.45) is 0 Å². The molecule has 0 spiro atoms. The Labute approximate surface area is 111 Å². The van der Waals surface area contributed by atoms with E-state index in [2.05, 4.69) is 15.0 Å². The Morgan fingerprint density at radius 2 is 2.00 bits per heavy atom. The summed E-state index contributed by atoms with van der Waals surface area (Å²) in [6.07, 6.45) is 0. The molecule has 0 unspecified atom stereocenters. The van der Waals surface area contributed by atoms with Crippen LogP contribution >= 0.6 is 22.9 Å². The molecule has 4 nitrogen and oxygen atoms in total. The van der Waals surface area contributed by atoms with Crippen LogP contribution in [-0.4, -0.2) is 19.4 Å². The van der Waals surface area contributed by atoms with Gasteiger partial charge in [-0.15, -0.1) is 0 Å². The van der Waals surface area contributed by atoms with Gasteiger partial charge in [-0.25, -0.2) is 15.0 Å². The average Bonchev–Trinajstić information content (AvgIpc) is 2.85. The monoisotopic (exact) mass is 274 g/mol. The summed E-state index contributed by atoms with van der Waals surface area (Å²) in [5.74, 6) is 0.671. The van der Waals surface area contributed by atoms with Crippen LogP contribution in [0.4, 0.5) is 0 Å². The quantitative estimate of drug-likeness (QED) is 0.461. The molecule has 0 saturated carbocycles. The van der Waals surface area contributed by atoms with Gasteiger partial charge in [-0.05, 0) is 19.1 Å². The Morgan fingerprint density at radius 1 is 1.17 bits per heavy atom. The molecule has 0 bridgehead atoms. The number of nitrogens with zero attached hydrogens (tertiary/aromatic N) is 4. The van der Waals surface area contributed by atoms with Crippen molar-refractivity contribution in [3.8, 4) is 0 Å². The average molecular weight is 275 g/mol. The number of aromatic nitrogens is 4. The van der Waals surface area contributed by atoms with E-state index in [-0.39, 0.29) is 0 Å². The summed E-state index contributed by atoms with van der Waals surface area (Å²) < 4.78 is 2.92. The Morgan fingerprint density at radius 3 is 2.89 bits per heavy atom. The third kappa shape index (κ3) is 1.23. The number of hydrogen-bond donors (Lipinski definition) is 0. The van der Waals surface area contributed by atoms with Crippen LogP contribution in [-0.2, 0) is 0 Å². The van der Waals surface area contributed by atoms with Crippen LogP contribution in [0.1, 0.15) is 5.82 Å². The minimum absolute atomic E-state index is 0.497. The second kappa shape index (κ2) is 3.40. The first kappa shape index (κ1) is 10.2. The van der Waals surface area contributed by atoms with Crippen molar-refractivity contribution in [3.63, 3.8) is 0 Å². The van der Waals surface area contributed by atoms with Crippen molar-refractivity contribution in [3.05, 3.63) is 35.2 Å². The summed E-state index contributed by atoms with van der Waals surface area (Å²) in [6.45, 7) is 1.84. The summed E-state index contributed by atoms with van der Waals surface area (Å²) >= 11 is 7.68. The minimum atomic E-state index is 0.497. The molecule has 0 N–H and O–H groups in total. The molecule has 6 heteroatoms. The van der Waals surface area contributed by atoms with Crippen LogP contribution in [0.15, 0.2) is 24.3 Å². The molecule has 4 rings (SSSR count). The third-order valence-electron chi connectivity index (χ3n) is 2.85. The van der Waals surface area contributed by atoms with E-state index in [4.69, 9.17) is 11.6 Å². The van der Waals surface area contributed by atoms with Crippen LogP contribution in [0.3, 0.4) is 0 Å². The Hall–Kier alpha value is -1.72.